The van der Waals surface area contributed by atoms with Crippen LogP contribution in [0.3, 0.4) is 0 Å². The Bertz CT molecular complexity index is 587. The fourth-order valence-electron chi connectivity index (χ4n) is 2.49. The van der Waals surface area contributed by atoms with E-state index in [1.807, 2.05) is 0 Å². The molecule has 1 heterocycles. The van der Waals surface area contributed by atoms with Gasteiger partial charge in [0, 0.05) is 11.4 Å². The van der Waals surface area contributed by atoms with Crippen LogP contribution in [0.2, 0.25) is 0 Å². The highest BCUT2D eigenvalue weighted by Gasteiger charge is 2.12. The lowest BCUT2D eigenvalue weighted by molar-refractivity contribution is 0.754. The lowest BCUT2D eigenvalue weighted by Crippen LogP contribution is -2.31. The number of fused-ring (bicyclic) bond motifs is 1. The molecule has 0 atom stereocenters. The fraction of sp³-hybridized carbons (Fsp3) is 0.533. The van der Waals surface area contributed by atoms with Gasteiger partial charge in [0.25, 0.3) is 0 Å². The molecule has 0 fully saturated rings. The quantitative estimate of drug-likeness (QED) is 0.837. The van der Waals surface area contributed by atoms with Crippen LogP contribution in [0.5, 0.6) is 0 Å². The van der Waals surface area contributed by atoms with Crippen molar-refractivity contribution in [2.45, 2.75) is 52.4 Å². The van der Waals surface area contributed by atoms with Gasteiger partial charge >= 0.3 is 0 Å². The molecule has 0 aliphatic carbocycles. The molecule has 0 unspecified atom stereocenters. The van der Waals surface area contributed by atoms with Gasteiger partial charge in [-0.3, -0.25) is 0 Å². The lowest BCUT2D eigenvalue weighted by atomic mass is 9.95. The Morgan fingerprint density at radius 2 is 1.89 bits per heavy atom. The number of hydrogen-bond donors (Lipinski definition) is 1. The second kappa shape index (κ2) is 6.45. The van der Waals surface area contributed by atoms with Crippen molar-refractivity contribution in [1.82, 2.24) is 0 Å². The Morgan fingerprint density at radius 3 is 2.58 bits per heavy atom. The van der Waals surface area contributed by atoms with Crippen molar-refractivity contribution in [3.63, 3.8) is 0 Å². The van der Waals surface area contributed by atoms with E-state index in [1.54, 1.807) is 6.20 Å². The molecule has 1 aliphatic rings. The number of unbranched alkanes of at least 4 members (excludes halogenated alkanes) is 2. The smallest absolute Gasteiger partial charge is 0.124 e. The Morgan fingerprint density at radius 1 is 1.16 bits per heavy atom. The second-order valence-corrected chi connectivity index (χ2v) is 4.96. The van der Waals surface area contributed by atoms with Gasteiger partial charge in [-0.1, -0.05) is 26.7 Å². The summed E-state index contributed by atoms with van der Waals surface area (Å²) in [6.45, 7) is 4.42. The van der Waals surface area contributed by atoms with Gasteiger partial charge in [-0.15, -0.1) is 10.2 Å². The van der Waals surface area contributed by atoms with E-state index in [0.717, 1.165) is 29.1 Å². The molecule has 0 saturated heterocycles. The zero-order valence-corrected chi connectivity index (χ0v) is 11.8. The summed E-state index contributed by atoms with van der Waals surface area (Å²) < 4.78 is 0. The first-order chi connectivity index (χ1) is 9.31. The molecular weight excluding hydrogens is 236 g/mol. The summed E-state index contributed by atoms with van der Waals surface area (Å²) in [6, 6.07) is 2.14. The van der Waals surface area contributed by atoms with E-state index in [2.05, 4.69) is 35.4 Å². The fourth-order valence-corrected chi connectivity index (χ4v) is 2.49. The third-order valence-electron chi connectivity index (χ3n) is 3.57. The van der Waals surface area contributed by atoms with E-state index in [0.29, 0.717) is 0 Å². The molecule has 0 spiro atoms. The van der Waals surface area contributed by atoms with E-state index in [-0.39, 0.29) is 0 Å². The van der Waals surface area contributed by atoms with E-state index in [1.165, 1.54) is 36.8 Å². The van der Waals surface area contributed by atoms with Gasteiger partial charge in [-0.2, -0.15) is 0 Å². The van der Waals surface area contributed by atoms with Crippen molar-refractivity contribution >= 4 is 11.9 Å². The van der Waals surface area contributed by atoms with Crippen molar-refractivity contribution in [3.8, 4) is 0 Å². The summed E-state index contributed by atoms with van der Waals surface area (Å²) >= 11 is 0. The topological polar surface area (TPSA) is 63.1 Å². The number of benzene rings is 1. The Kier molecular flexibility index (Phi) is 4.66. The molecule has 1 aliphatic heterocycles. The maximum Gasteiger partial charge on any atom is 0.124 e. The average Bonchev–Trinajstić information content (AvgIpc) is 2.89. The zero-order chi connectivity index (χ0) is 13.7. The first kappa shape index (κ1) is 13.7. The summed E-state index contributed by atoms with van der Waals surface area (Å²) in [7, 11) is 0. The van der Waals surface area contributed by atoms with Crippen LogP contribution in [0.15, 0.2) is 21.5 Å². The minimum atomic E-state index is 0.842. The van der Waals surface area contributed by atoms with Crippen LogP contribution in [0.1, 0.15) is 50.7 Å². The number of hydrogen-bond acceptors (Lipinski definition) is 4. The average molecular weight is 258 g/mol. The largest absolute Gasteiger partial charge is 0.404 e. The first-order valence-electron chi connectivity index (χ1n) is 7.17. The van der Waals surface area contributed by atoms with E-state index in [9.17, 15) is 0 Å². The van der Waals surface area contributed by atoms with Crippen molar-refractivity contribution in [3.05, 3.63) is 27.8 Å². The van der Waals surface area contributed by atoms with E-state index >= 15 is 0 Å². The van der Waals surface area contributed by atoms with Crippen molar-refractivity contribution in [1.29, 1.82) is 0 Å². The van der Waals surface area contributed by atoms with Crippen LogP contribution in [-0.4, -0.2) is 0 Å². The molecule has 0 amide bonds. The first-order valence-corrected chi connectivity index (χ1v) is 7.17. The highest BCUT2D eigenvalue weighted by atomic mass is 15.4. The van der Waals surface area contributed by atoms with Crippen LogP contribution in [0.25, 0.3) is 6.20 Å². The van der Waals surface area contributed by atoms with E-state index < -0.39 is 0 Å². The minimum absolute atomic E-state index is 0.842. The standard InChI is InChI=1S/C15H22N4/c1-3-5-7-11-9-14-15(18-19-17-14)13(10-16)12(11)8-6-4-2/h9-10H,3-8,16H2,1-2H3. The third-order valence-corrected chi connectivity index (χ3v) is 3.57. The molecule has 0 saturated carbocycles. The van der Waals surface area contributed by atoms with Gasteiger partial charge in [0.05, 0.1) is 0 Å². The Hall–Kier alpha value is -1.71. The third kappa shape index (κ3) is 2.83. The molecule has 1 aromatic carbocycles. The Labute approximate surface area is 114 Å². The normalized spacial score (nSPS) is 13.7. The SMILES string of the molecule is CCCCc1cc2c(c(=CN)c1CCCC)=NN=N2. The summed E-state index contributed by atoms with van der Waals surface area (Å²) in [6.07, 6.45) is 8.54. The molecule has 102 valence electrons. The number of aryl methyl sites for hydroxylation is 1. The van der Waals surface area contributed by atoms with Gasteiger partial charge in [-0.05, 0) is 48.1 Å². The molecule has 2 N–H and O–H groups in total. The predicted molar refractivity (Wildman–Crippen MR) is 77.6 cm³/mol. The molecule has 0 aromatic heterocycles. The van der Waals surface area contributed by atoms with Crippen LogP contribution in [0.4, 0.5) is 5.69 Å². The van der Waals surface area contributed by atoms with Crippen LogP contribution < -0.4 is 16.3 Å². The highest BCUT2D eigenvalue weighted by Crippen LogP contribution is 2.18. The van der Waals surface area contributed by atoms with Gasteiger partial charge in [0.2, 0.25) is 0 Å². The van der Waals surface area contributed by atoms with E-state index in [4.69, 9.17) is 5.73 Å². The Balaban J connectivity index is 2.53. The van der Waals surface area contributed by atoms with Crippen molar-refractivity contribution < 1.29 is 0 Å². The highest BCUT2D eigenvalue weighted by molar-refractivity contribution is 5.47. The van der Waals surface area contributed by atoms with Crippen LogP contribution >= 0.6 is 0 Å². The predicted octanol–water partition coefficient (Wildman–Crippen LogP) is 2.70. The molecule has 0 radical (unpaired) electrons. The molecule has 0 bridgehead atoms. The molecule has 4 heteroatoms. The lowest BCUT2D eigenvalue weighted by Gasteiger charge is -2.10. The maximum atomic E-state index is 5.82. The number of nitrogens with zero attached hydrogens (tertiary/aromatic N) is 3. The van der Waals surface area contributed by atoms with Gasteiger partial charge in [0.15, 0.2) is 0 Å². The molecule has 4 nitrogen and oxygen atoms in total. The summed E-state index contributed by atoms with van der Waals surface area (Å²) in [5.41, 5.74) is 9.39. The molecule has 2 rings (SSSR count). The van der Waals surface area contributed by atoms with Crippen molar-refractivity contribution in [2.24, 2.45) is 21.2 Å². The number of nitrogens with two attached hydrogens (primary N) is 1. The summed E-state index contributed by atoms with van der Waals surface area (Å²) in [5.74, 6) is 0. The van der Waals surface area contributed by atoms with Gasteiger partial charge in [0.1, 0.15) is 11.0 Å². The molecule has 19 heavy (non-hydrogen) atoms. The monoisotopic (exact) mass is 258 g/mol. The number of rotatable bonds is 6. The maximum absolute atomic E-state index is 5.82. The van der Waals surface area contributed by atoms with Gasteiger partial charge in [-0.25, -0.2) is 0 Å². The van der Waals surface area contributed by atoms with Crippen LogP contribution in [0, 0.1) is 0 Å². The minimum Gasteiger partial charge on any atom is -0.404 e. The molecular formula is C15H22N4. The second-order valence-electron chi connectivity index (χ2n) is 4.96. The van der Waals surface area contributed by atoms with Crippen LogP contribution in [-0.2, 0) is 12.8 Å². The summed E-state index contributed by atoms with van der Waals surface area (Å²) in [4.78, 5) is 0. The molecule has 1 aromatic rings. The van der Waals surface area contributed by atoms with Crippen molar-refractivity contribution in [2.75, 3.05) is 0 Å². The van der Waals surface area contributed by atoms with Gasteiger partial charge < -0.3 is 5.73 Å². The zero-order valence-electron chi connectivity index (χ0n) is 11.8. The summed E-state index contributed by atoms with van der Waals surface area (Å²) in [5, 5.41) is 13.8.